The first-order valence-electron chi connectivity index (χ1n) is 5.20. The molecule has 0 aromatic carbocycles. The minimum absolute atomic E-state index is 0.0773. The molecule has 0 spiro atoms. The third-order valence-electron chi connectivity index (χ3n) is 1.93. The van der Waals surface area contributed by atoms with Gasteiger partial charge in [-0.2, -0.15) is 0 Å². The van der Waals surface area contributed by atoms with Crippen molar-refractivity contribution < 1.29 is 4.79 Å². The first-order chi connectivity index (χ1) is 7.63. The van der Waals surface area contributed by atoms with Crippen LogP contribution in [-0.2, 0) is 4.79 Å². The summed E-state index contributed by atoms with van der Waals surface area (Å²) in [6, 6.07) is 0. The maximum absolute atomic E-state index is 11.4. The lowest BCUT2D eigenvalue weighted by Gasteiger charge is -2.02. The quantitative estimate of drug-likeness (QED) is 0.589. The van der Waals surface area contributed by atoms with Crippen LogP contribution in [0.25, 0.3) is 0 Å². The van der Waals surface area contributed by atoms with Crippen LogP contribution in [0.4, 0.5) is 5.13 Å². The lowest BCUT2D eigenvalue weighted by atomic mass is 10.2. The van der Waals surface area contributed by atoms with Gasteiger partial charge in [0.05, 0.1) is 12.2 Å². The number of aromatic nitrogens is 1. The summed E-state index contributed by atoms with van der Waals surface area (Å²) in [5.41, 5.74) is 1.01. The molecule has 2 N–H and O–H groups in total. The molecule has 0 radical (unpaired) electrons. The Morgan fingerprint density at radius 2 is 2.44 bits per heavy atom. The topological polar surface area (TPSA) is 54.0 Å². The van der Waals surface area contributed by atoms with Crippen molar-refractivity contribution in [3.63, 3.8) is 0 Å². The summed E-state index contributed by atoms with van der Waals surface area (Å²) in [4.78, 5) is 15.7. The molecule has 16 heavy (non-hydrogen) atoms. The molecule has 1 aromatic rings. The molecule has 0 aliphatic rings. The summed E-state index contributed by atoms with van der Waals surface area (Å²) >= 11 is 1.45. The van der Waals surface area contributed by atoms with Crippen molar-refractivity contribution in [2.24, 2.45) is 0 Å². The summed E-state index contributed by atoms with van der Waals surface area (Å²) in [6.45, 7) is 8.62. The molecule has 0 fully saturated rings. The van der Waals surface area contributed by atoms with Gasteiger partial charge in [0, 0.05) is 11.9 Å². The summed E-state index contributed by atoms with van der Waals surface area (Å²) in [7, 11) is 0. The SMILES string of the molecule is C=CCNCC(=O)Nc1nc(C(C)C)cs1. The zero-order chi connectivity index (χ0) is 12.0. The van der Waals surface area contributed by atoms with E-state index >= 15 is 0 Å². The van der Waals surface area contributed by atoms with Crippen LogP contribution >= 0.6 is 11.3 Å². The van der Waals surface area contributed by atoms with Crippen LogP contribution in [0, 0.1) is 0 Å². The van der Waals surface area contributed by atoms with Crippen molar-refractivity contribution in [1.82, 2.24) is 10.3 Å². The van der Waals surface area contributed by atoms with Crippen molar-refractivity contribution in [3.8, 4) is 0 Å². The van der Waals surface area contributed by atoms with Crippen LogP contribution < -0.4 is 10.6 Å². The molecule has 0 atom stereocenters. The molecule has 0 aliphatic heterocycles. The van der Waals surface area contributed by atoms with Gasteiger partial charge in [-0.15, -0.1) is 17.9 Å². The molecule has 5 heteroatoms. The van der Waals surface area contributed by atoms with Gasteiger partial charge < -0.3 is 10.6 Å². The Bertz CT molecular complexity index is 360. The number of anilines is 1. The molecule has 1 heterocycles. The predicted molar refractivity (Wildman–Crippen MR) is 67.9 cm³/mol. The van der Waals surface area contributed by atoms with Crippen LogP contribution in [0.3, 0.4) is 0 Å². The number of hydrogen-bond donors (Lipinski definition) is 2. The molecule has 0 saturated heterocycles. The molecule has 88 valence electrons. The summed E-state index contributed by atoms with van der Waals surface area (Å²) in [5, 5.41) is 8.31. The Morgan fingerprint density at radius 3 is 3.00 bits per heavy atom. The van der Waals surface area contributed by atoms with Gasteiger partial charge in [0.1, 0.15) is 0 Å². The average molecular weight is 239 g/mol. The minimum Gasteiger partial charge on any atom is -0.305 e. The number of amides is 1. The van der Waals surface area contributed by atoms with Crippen molar-refractivity contribution in [2.75, 3.05) is 18.4 Å². The number of hydrogen-bond acceptors (Lipinski definition) is 4. The van der Waals surface area contributed by atoms with E-state index in [2.05, 4.69) is 36.0 Å². The highest BCUT2D eigenvalue weighted by Gasteiger charge is 2.07. The lowest BCUT2D eigenvalue weighted by molar-refractivity contribution is -0.115. The van der Waals surface area contributed by atoms with Crippen LogP contribution in [0.15, 0.2) is 18.0 Å². The molecule has 0 unspecified atom stereocenters. The Hall–Kier alpha value is -1.20. The molecular formula is C11H17N3OS. The Balaban J connectivity index is 2.40. The molecule has 0 bridgehead atoms. The zero-order valence-corrected chi connectivity index (χ0v) is 10.4. The Morgan fingerprint density at radius 1 is 1.69 bits per heavy atom. The van der Waals surface area contributed by atoms with E-state index < -0.39 is 0 Å². The molecule has 1 aromatic heterocycles. The zero-order valence-electron chi connectivity index (χ0n) is 9.62. The fraction of sp³-hybridized carbons (Fsp3) is 0.455. The molecule has 1 amide bonds. The van der Waals surface area contributed by atoms with Crippen LogP contribution in [0.5, 0.6) is 0 Å². The number of nitrogens with one attached hydrogen (secondary N) is 2. The highest BCUT2D eigenvalue weighted by atomic mass is 32.1. The maximum atomic E-state index is 11.4. The van der Waals surface area contributed by atoms with Gasteiger partial charge in [-0.1, -0.05) is 19.9 Å². The number of carbonyl (C=O) groups is 1. The second kappa shape index (κ2) is 6.40. The molecule has 4 nitrogen and oxygen atoms in total. The third-order valence-corrected chi connectivity index (χ3v) is 2.71. The van der Waals surface area contributed by atoms with E-state index in [0.717, 1.165) is 5.69 Å². The normalized spacial score (nSPS) is 10.4. The van der Waals surface area contributed by atoms with Gasteiger partial charge in [-0.25, -0.2) is 4.98 Å². The first kappa shape index (κ1) is 12.9. The predicted octanol–water partition coefficient (Wildman–Crippen LogP) is 1.98. The number of nitrogens with zero attached hydrogens (tertiary/aromatic N) is 1. The van der Waals surface area contributed by atoms with E-state index in [1.54, 1.807) is 6.08 Å². The van der Waals surface area contributed by atoms with Gasteiger partial charge in [0.25, 0.3) is 0 Å². The first-order valence-corrected chi connectivity index (χ1v) is 6.08. The fourth-order valence-corrected chi connectivity index (χ4v) is 1.95. The summed E-state index contributed by atoms with van der Waals surface area (Å²) in [5.74, 6) is 0.312. The monoisotopic (exact) mass is 239 g/mol. The van der Waals surface area contributed by atoms with E-state index in [1.807, 2.05) is 5.38 Å². The van der Waals surface area contributed by atoms with E-state index in [0.29, 0.717) is 17.6 Å². The van der Waals surface area contributed by atoms with Crippen LogP contribution in [-0.4, -0.2) is 24.0 Å². The third kappa shape index (κ3) is 4.12. The Kier molecular flexibility index (Phi) is 5.14. The smallest absolute Gasteiger partial charge is 0.240 e. The number of carbonyl (C=O) groups excluding carboxylic acids is 1. The second-order valence-electron chi connectivity index (χ2n) is 3.70. The fourth-order valence-electron chi connectivity index (χ4n) is 1.06. The van der Waals surface area contributed by atoms with E-state index in [4.69, 9.17) is 0 Å². The van der Waals surface area contributed by atoms with Crippen molar-refractivity contribution >= 4 is 22.4 Å². The number of thiazole rings is 1. The highest BCUT2D eigenvalue weighted by Crippen LogP contribution is 2.21. The van der Waals surface area contributed by atoms with Crippen molar-refractivity contribution in [1.29, 1.82) is 0 Å². The van der Waals surface area contributed by atoms with E-state index in [-0.39, 0.29) is 12.5 Å². The maximum Gasteiger partial charge on any atom is 0.240 e. The molecule has 0 saturated carbocycles. The molecular weight excluding hydrogens is 222 g/mol. The van der Waals surface area contributed by atoms with E-state index in [9.17, 15) is 4.79 Å². The lowest BCUT2D eigenvalue weighted by Crippen LogP contribution is -2.28. The van der Waals surface area contributed by atoms with Gasteiger partial charge in [0.15, 0.2) is 5.13 Å². The summed E-state index contributed by atoms with van der Waals surface area (Å²) in [6.07, 6.45) is 1.72. The second-order valence-corrected chi connectivity index (χ2v) is 4.56. The van der Waals surface area contributed by atoms with Crippen LogP contribution in [0.1, 0.15) is 25.5 Å². The largest absolute Gasteiger partial charge is 0.305 e. The minimum atomic E-state index is -0.0773. The highest BCUT2D eigenvalue weighted by molar-refractivity contribution is 7.13. The van der Waals surface area contributed by atoms with Gasteiger partial charge in [-0.3, -0.25) is 4.79 Å². The molecule has 0 aliphatic carbocycles. The van der Waals surface area contributed by atoms with Gasteiger partial charge >= 0.3 is 0 Å². The average Bonchev–Trinajstić information content (AvgIpc) is 2.66. The Labute approximate surface area is 99.8 Å². The number of rotatable bonds is 6. The standard InChI is InChI=1S/C11H17N3OS/c1-4-5-12-6-10(15)14-11-13-9(7-16-11)8(2)3/h4,7-8,12H,1,5-6H2,2-3H3,(H,13,14,15). The van der Waals surface area contributed by atoms with Gasteiger partial charge in [-0.05, 0) is 5.92 Å². The molecule has 1 rings (SSSR count). The summed E-state index contributed by atoms with van der Waals surface area (Å²) < 4.78 is 0. The van der Waals surface area contributed by atoms with Crippen LogP contribution in [0.2, 0.25) is 0 Å². The van der Waals surface area contributed by atoms with E-state index in [1.165, 1.54) is 11.3 Å². The van der Waals surface area contributed by atoms with Crippen molar-refractivity contribution in [2.45, 2.75) is 19.8 Å². The van der Waals surface area contributed by atoms with Crippen molar-refractivity contribution in [3.05, 3.63) is 23.7 Å². The van der Waals surface area contributed by atoms with Gasteiger partial charge in [0.2, 0.25) is 5.91 Å².